The molecule has 2 fully saturated rings. The Morgan fingerprint density at radius 2 is 1.90 bits per heavy atom. The van der Waals surface area contributed by atoms with Gasteiger partial charge < -0.3 is 19.1 Å². The maximum Gasteiger partial charge on any atom is 0.249 e. The monoisotopic (exact) mass is 426 g/mol. The Morgan fingerprint density at radius 1 is 1.13 bits per heavy atom. The number of aromatic nitrogens is 2. The van der Waals surface area contributed by atoms with Crippen molar-refractivity contribution in [2.75, 3.05) is 31.2 Å². The largest absolute Gasteiger partial charge is 0.381 e. The fraction of sp³-hybridized carbons (Fsp3) is 0.565. The van der Waals surface area contributed by atoms with E-state index in [-0.39, 0.29) is 36.6 Å². The number of benzene rings is 1. The summed E-state index contributed by atoms with van der Waals surface area (Å²) >= 11 is 0. The van der Waals surface area contributed by atoms with E-state index in [1.165, 1.54) is 0 Å². The molecular formula is C23H30N4O4. The molecule has 166 valence electrons. The Balaban J connectivity index is 1.36. The van der Waals surface area contributed by atoms with Gasteiger partial charge in [-0.1, -0.05) is 23.4 Å². The van der Waals surface area contributed by atoms with Crippen LogP contribution < -0.4 is 4.90 Å². The summed E-state index contributed by atoms with van der Waals surface area (Å²) in [5, 5.41) is 4.18. The molecule has 1 atom stereocenters. The maximum absolute atomic E-state index is 12.9. The van der Waals surface area contributed by atoms with Gasteiger partial charge in [-0.15, -0.1) is 0 Å². The van der Waals surface area contributed by atoms with E-state index in [1.54, 1.807) is 9.80 Å². The molecule has 31 heavy (non-hydrogen) atoms. The number of amides is 2. The lowest BCUT2D eigenvalue weighted by molar-refractivity contribution is -0.134. The Labute approximate surface area is 182 Å². The Bertz CT molecular complexity index is 879. The van der Waals surface area contributed by atoms with Crippen LogP contribution in [0.4, 0.5) is 5.69 Å². The zero-order valence-electron chi connectivity index (χ0n) is 18.0. The number of para-hydroxylation sites is 1. The van der Waals surface area contributed by atoms with Crippen LogP contribution in [0.25, 0.3) is 0 Å². The zero-order valence-corrected chi connectivity index (χ0v) is 18.0. The van der Waals surface area contributed by atoms with Gasteiger partial charge in [0, 0.05) is 50.8 Å². The van der Waals surface area contributed by atoms with E-state index >= 15 is 0 Å². The Morgan fingerprint density at radius 3 is 2.65 bits per heavy atom. The van der Waals surface area contributed by atoms with Crippen molar-refractivity contribution < 1.29 is 18.8 Å². The van der Waals surface area contributed by atoms with E-state index in [2.05, 4.69) is 10.1 Å². The quantitative estimate of drug-likeness (QED) is 0.674. The first kappa shape index (κ1) is 21.5. The molecule has 1 aromatic heterocycles. The summed E-state index contributed by atoms with van der Waals surface area (Å²) in [6.45, 7) is 4.60. The number of carbonyl (C=O) groups excluding carboxylic acids is 2. The van der Waals surface area contributed by atoms with Crippen molar-refractivity contribution in [3.05, 3.63) is 42.0 Å². The SMILES string of the molecule is CCN(C(=O)CCC(=O)N1CCCC1c1nc(C2CCOCC2)no1)c1ccccc1. The summed E-state index contributed by atoms with van der Waals surface area (Å²) in [5.41, 5.74) is 0.855. The highest BCUT2D eigenvalue weighted by Gasteiger charge is 2.35. The summed E-state index contributed by atoms with van der Waals surface area (Å²) in [4.78, 5) is 33.8. The predicted molar refractivity (Wildman–Crippen MR) is 114 cm³/mol. The molecule has 0 saturated carbocycles. The van der Waals surface area contributed by atoms with Crippen molar-refractivity contribution >= 4 is 17.5 Å². The Hall–Kier alpha value is -2.74. The molecular weight excluding hydrogens is 396 g/mol. The fourth-order valence-electron chi connectivity index (χ4n) is 4.43. The lowest BCUT2D eigenvalue weighted by atomic mass is 10.00. The standard InChI is InChI=1S/C23H30N4O4/c1-2-26(18-7-4-3-5-8-18)20(28)10-11-21(29)27-14-6-9-19(27)23-24-22(25-31-23)17-12-15-30-16-13-17/h3-5,7-8,17,19H,2,6,9-16H2,1H3. The van der Waals surface area contributed by atoms with Gasteiger partial charge in [0.15, 0.2) is 5.82 Å². The summed E-state index contributed by atoms with van der Waals surface area (Å²) in [6, 6.07) is 9.36. The van der Waals surface area contributed by atoms with Crippen LogP contribution in [0, 0.1) is 0 Å². The lowest BCUT2D eigenvalue weighted by Gasteiger charge is -2.24. The average molecular weight is 427 g/mol. The molecule has 2 aliphatic rings. The summed E-state index contributed by atoms with van der Waals surface area (Å²) in [7, 11) is 0. The van der Waals surface area contributed by atoms with Gasteiger partial charge in [-0.2, -0.15) is 4.98 Å². The van der Waals surface area contributed by atoms with Crippen LogP contribution in [0.5, 0.6) is 0 Å². The minimum atomic E-state index is -0.194. The smallest absolute Gasteiger partial charge is 0.249 e. The van der Waals surface area contributed by atoms with Gasteiger partial charge in [-0.05, 0) is 44.7 Å². The molecule has 4 rings (SSSR count). The number of hydrogen-bond donors (Lipinski definition) is 0. The minimum Gasteiger partial charge on any atom is -0.381 e. The van der Waals surface area contributed by atoms with Crippen molar-refractivity contribution in [1.82, 2.24) is 15.0 Å². The summed E-state index contributed by atoms with van der Waals surface area (Å²) in [5.74, 6) is 1.41. The van der Waals surface area contributed by atoms with Crippen molar-refractivity contribution in [2.24, 2.45) is 0 Å². The third kappa shape index (κ3) is 4.95. The summed E-state index contributed by atoms with van der Waals surface area (Å²) in [6.07, 6.45) is 3.85. The van der Waals surface area contributed by atoms with E-state index in [4.69, 9.17) is 9.26 Å². The van der Waals surface area contributed by atoms with Gasteiger partial charge in [0.2, 0.25) is 17.7 Å². The Kier molecular flexibility index (Phi) is 6.96. The van der Waals surface area contributed by atoms with Gasteiger partial charge >= 0.3 is 0 Å². The molecule has 0 bridgehead atoms. The van der Waals surface area contributed by atoms with E-state index in [1.807, 2.05) is 37.3 Å². The predicted octanol–water partition coefficient (Wildman–Crippen LogP) is 3.46. The molecule has 2 saturated heterocycles. The molecule has 0 N–H and O–H groups in total. The van der Waals surface area contributed by atoms with Crippen LogP contribution >= 0.6 is 0 Å². The fourth-order valence-corrected chi connectivity index (χ4v) is 4.43. The molecule has 0 aliphatic carbocycles. The normalized spacial score (nSPS) is 19.5. The van der Waals surface area contributed by atoms with Gasteiger partial charge in [-0.3, -0.25) is 9.59 Å². The molecule has 8 heteroatoms. The third-order valence-electron chi connectivity index (χ3n) is 6.14. The lowest BCUT2D eigenvalue weighted by Crippen LogP contribution is -2.34. The molecule has 1 aromatic carbocycles. The maximum atomic E-state index is 12.9. The topological polar surface area (TPSA) is 88.8 Å². The van der Waals surface area contributed by atoms with Crippen molar-refractivity contribution in [2.45, 2.75) is 57.4 Å². The van der Waals surface area contributed by atoms with E-state index in [0.29, 0.717) is 38.0 Å². The third-order valence-corrected chi connectivity index (χ3v) is 6.14. The number of likely N-dealkylation sites (tertiary alicyclic amines) is 1. The van der Waals surface area contributed by atoms with E-state index in [0.717, 1.165) is 31.4 Å². The van der Waals surface area contributed by atoms with Gasteiger partial charge in [0.1, 0.15) is 6.04 Å². The minimum absolute atomic E-state index is 0.0363. The second-order valence-corrected chi connectivity index (χ2v) is 8.10. The van der Waals surface area contributed by atoms with Gasteiger partial charge in [0.25, 0.3) is 0 Å². The number of hydrogen-bond acceptors (Lipinski definition) is 6. The molecule has 2 aliphatic heterocycles. The highest BCUT2D eigenvalue weighted by atomic mass is 16.5. The second kappa shape index (κ2) is 10.0. The van der Waals surface area contributed by atoms with Crippen LogP contribution in [0.1, 0.15) is 69.1 Å². The molecule has 0 spiro atoms. The van der Waals surface area contributed by atoms with Crippen LogP contribution in [0.3, 0.4) is 0 Å². The molecule has 2 aromatic rings. The van der Waals surface area contributed by atoms with Crippen LogP contribution in [0.15, 0.2) is 34.9 Å². The van der Waals surface area contributed by atoms with Gasteiger partial charge in [0.05, 0.1) is 0 Å². The number of carbonyl (C=O) groups is 2. The molecule has 8 nitrogen and oxygen atoms in total. The van der Waals surface area contributed by atoms with E-state index < -0.39 is 0 Å². The number of ether oxygens (including phenoxy) is 1. The van der Waals surface area contributed by atoms with Crippen LogP contribution in [-0.4, -0.2) is 53.2 Å². The second-order valence-electron chi connectivity index (χ2n) is 8.10. The van der Waals surface area contributed by atoms with Crippen LogP contribution in [0.2, 0.25) is 0 Å². The summed E-state index contributed by atoms with van der Waals surface area (Å²) < 4.78 is 11.0. The highest BCUT2D eigenvalue weighted by Crippen LogP contribution is 2.33. The zero-order chi connectivity index (χ0) is 21.6. The number of nitrogens with zero attached hydrogens (tertiary/aromatic N) is 4. The van der Waals surface area contributed by atoms with Crippen molar-refractivity contribution in [1.29, 1.82) is 0 Å². The molecule has 3 heterocycles. The van der Waals surface area contributed by atoms with Crippen molar-refractivity contribution in [3.8, 4) is 0 Å². The van der Waals surface area contributed by atoms with Crippen molar-refractivity contribution in [3.63, 3.8) is 0 Å². The van der Waals surface area contributed by atoms with Crippen LogP contribution in [-0.2, 0) is 14.3 Å². The molecule has 0 radical (unpaired) electrons. The first-order valence-corrected chi connectivity index (χ1v) is 11.2. The molecule has 1 unspecified atom stereocenters. The van der Waals surface area contributed by atoms with Gasteiger partial charge in [-0.25, -0.2) is 0 Å². The van der Waals surface area contributed by atoms with E-state index in [9.17, 15) is 9.59 Å². The average Bonchev–Trinajstić information content (AvgIpc) is 3.49. The number of anilines is 1. The number of rotatable bonds is 7. The first-order valence-electron chi connectivity index (χ1n) is 11.2. The molecule has 2 amide bonds. The highest BCUT2D eigenvalue weighted by molar-refractivity contribution is 5.95. The first-order chi connectivity index (χ1) is 15.2.